The van der Waals surface area contributed by atoms with E-state index in [-0.39, 0.29) is 12.2 Å². The standard InChI is InChI=1S/C14H10Cl2O/c15-10-7-5-9(6-8-10)13-14(17-13)11-3-1-2-4-12(11)16/h1-8,13-14H. The minimum absolute atomic E-state index is 0.0740. The van der Waals surface area contributed by atoms with Crippen molar-refractivity contribution in [3.63, 3.8) is 0 Å². The largest absolute Gasteiger partial charge is 0.359 e. The average molecular weight is 265 g/mol. The number of ether oxygens (including phenoxy) is 1. The molecule has 2 aromatic carbocycles. The van der Waals surface area contributed by atoms with Crippen molar-refractivity contribution >= 4 is 23.2 Å². The van der Waals surface area contributed by atoms with Gasteiger partial charge in [-0.15, -0.1) is 0 Å². The third-order valence-electron chi connectivity index (χ3n) is 2.90. The normalized spacial score (nSPS) is 22.5. The highest BCUT2D eigenvalue weighted by Crippen LogP contribution is 2.52. The molecule has 0 bridgehead atoms. The van der Waals surface area contributed by atoms with Crippen molar-refractivity contribution in [1.82, 2.24) is 0 Å². The summed E-state index contributed by atoms with van der Waals surface area (Å²) in [5.41, 5.74) is 2.19. The van der Waals surface area contributed by atoms with Gasteiger partial charge in [-0.25, -0.2) is 0 Å². The van der Waals surface area contributed by atoms with Crippen molar-refractivity contribution in [2.24, 2.45) is 0 Å². The Morgan fingerprint density at radius 3 is 2.24 bits per heavy atom. The highest BCUT2D eigenvalue weighted by Gasteiger charge is 2.42. The highest BCUT2D eigenvalue weighted by atomic mass is 35.5. The minimum atomic E-state index is 0.0740. The predicted molar refractivity (Wildman–Crippen MR) is 69.5 cm³/mol. The molecule has 0 aliphatic carbocycles. The van der Waals surface area contributed by atoms with Crippen molar-refractivity contribution in [2.45, 2.75) is 12.2 Å². The summed E-state index contributed by atoms with van der Waals surface area (Å²) in [6.07, 6.45) is 0.178. The molecule has 3 rings (SSSR count). The monoisotopic (exact) mass is 264 g/mol. The van der Waals surface area contributed by atoms with Crippen molar-refractivity contribution in [3.05, 3.63) is 69.7 Å². The molecular weight excluding hydrogens is 255 g/mol. The number of halogens is 2. The van der Waals surface area contributed by atoms with Crippen LogP contribution in [0, 0.1) is 0 Å². The Bertz CT molecular complexity index is 536. The molecule has 17 heavy (non-hydrogen) atoms. The summed E-state index contributed by atoms with van der Waals surface area (Å²) in [5.74, 6) is 0. The third-order valence-corrected chi connectivity index (χ3v) is 3.50. The number of benzene rings is 2. The van der Waals surface area contributed by atoms with Crippen molar-refractivity contribution in [1.29, 1.82) is 0 Å². The van der Waals surface area contributed by atoms with E-state index in [1.807, 2.05) is 48.5 Å². The Kier molecular flexibility index (Phi) is 2.83. The molecule has 0 spiro atoms. The summed E-state index contributed by atoms with van der Waals surface area (Å²) >= 11 is 12.0. The molecule has 0 radical (unpaired) electrons. The maximum absolute atomic E-state index is 6.14. The summed E-state index contributed by atoms with van der Waals surface area (Å²) in [6, 6.07) is 15.5. The van der Waals surface area contributed by atoms with Crippen molar-refractivity contribution in [3.8, 4) is 0 Å². The lowest BCUT2D eigenvalue weighted by Crippen LogP contribution is -1.85. The summed E-state index contributed by atoms with van der Waals surface area (Å²) in [6.45, 7) is 0. The zero-order chi connectivity index (χ0) is 11.8. The molecular formula is C14H10Cl2O. The Hall–Kier alpha value is -1.02. The van der Waals surface area contributed by atoms with Crippen LogP contribution >= 0.6 is 23.2 Å². The van der Waals surface area contributed by atoms with Crippen LogP contribution in [0.3, 0.4) is 0 Å². The molecule has 0 saturated carbocycles. The van der Waals surface area contributed by atoms with Gasteiger partial charge in [-0.3, -0.25) is 0 Å². The maximum Gasteiger partial charge on any atom is 0.115 e. The van der Waals surface area contributed by atoms with E-state index in [9.17, 15) is 0 Å². The van der Waals surface area contributed by atoms with E-state index in [2.05, 4.69) is 0 Å². The number of hydrogen-bond acceptors (Lipinski definition) is 1. The van der Waals surface area contributed by atoms with Crippen LogP contribution in [0.2, 0.25) is 10.0 Å². The molecule has 2 aromatic rings. The summed E-state index contributed by atoms with van der Waals surface area (Å²) in [7, 11) is 0. The van der Waals surface area contributed by atoms with Gasteiger partial charge < -0.3 is 4.74 Å². The van der Waals surface area contributed by atoms with Crippen LogP contribution in [0.4, 0.5) is 0 Å². The Morgan fingerprint density at radius 2 is 1.53 bits per heavy atom. The van der Waals surface area contributed by atoms with E-state index in [1.54, 1.807) is 0 Å². The molecule has 3 heteroatoms. The molecule has 86 valence electrons. The Morgan fingerprint density at radius 1 is 0.824 bits per heavy atom. The molecule has 0 N–H and O–H groups in total. The first kappa shape index (κ1) is 11.1. The van der Waals surface area contributed by atoms with Gasteiger partial charge in [0.05, 0.1) is 0 Å². The number of epoxide rings is 1. The molecule has 1 aliphatic heterocycles. The van der Waals surface area contributed by atoms with Crippen molar-refractivity contribution in [2.75, 3.05) is 0 Å². The Labute approximate surface area is 110 Å². The summed E-state index contributed by atoms with van der Waals surface area (Å²) in [5, 5.41) is 1.50. The van der Waals surface area contributed by atoms with Gasteiger partial charge in [0.1, 0.15) is 12.2 Å². The van der Waals surface area contributed by atoms with E-state index < -0.39 is 0 Å². The number of rotatable bonds is 2. The van der Waals surface area contributed by atoms with Gasteiger partial charge in [0, 0.05) is 15.6 Å². The molecule has 0 amide bonds. The maximum atomic E-state index is 6.14. The molecule has 2 unspecified atom stereocenters. The van der Waals surface area contributed by atoms with Gasteiger partial charge in [-0.05, 0) is 23.8 Å². The fourth-order valence-corrected chi connectivity index (χ4v) is 2.33. The molecule has 1 aliphatic rings. The van der Waals surface area contributed by atoms with Gasteiger partial charge in [-0.1, -0.05) is 53.5 Å². The molecule has 2 atom stereocenters. The van der Waals surface area contributed by atoms with E-state index in [4.69, 9.17) is 27.9 Å². The smallest absolute Gasteiger partial charge is 0.115 e. The molecule has 1 heterocycles. The van der Waals surface area contributed by atoms with Gasteiger partial charge in [-0.2, -0.15) is 0 Å². The SMILES string of the molecule is Clc1ccc(C2OC2c2ccccc2Cl)cc1. The van der Waals surface area contributed by atoms with Gasteiger partial charge >= 0.3 is 0 Å². The van der Waals surface area contributed by atoms with Gasteiger partial charge in [0.25, 0.3) is 0 Å². The summed E-state index contributed by atoms with van der Waals surface area (Å²) in [4.78, 5) is 0. The first-order chi connectivity index (χ1) is 8.25. The van der Waals surface area contributed by atoms with Crippen LogP contribution in [0.25, 0.3) is 0 Å². The minimum Gasteiger partial charge on any atom is -0.359 e. The van der Waals surface area contributed by atoms with Gasteiger partial charge in [0.15, 0.2) is 0 Å². The van der Waals surface area contributed by atoms with Crippen LogP contribution in [0.1, 0.15) is 23.3 Å². The van der Waals surface area contributed by atoms with Crippen LogP contribution in [0.15, 0.2) is 48.5 Å². The lowest BCUT2D eigenvalue weighted by molar-refractivity contribution is 0.378. The van der Waals surface area contributed by atoms with Crippen LogP contribution in [-0.2, 0) is 4.74 Å². The molecule has 1 saturated heterocycles. The van der Waals surface area contributed by atoms with Crippen LogP contribution in [-0.4, -0.2) is 0 Å². The second-order valence-corrected chi connectivity index (χ2v) is 4.89. The highest BCUT2D eigenvalue weighted by molar-refractivity contribution is 6.31. The van der Waals surface area contributed by atoms with Gasteiger partial charge in [0.2, 0.25) is 0 Å². The van der Waals surface area contributed by atoms with E-state index in [0.29, 0.717) is 0 Å². The van der Waals surface area contributed by atoms with Crippen LogP contribution < -0.4 is 0 Å². The zero-order valence-electron chi connectivity index (χ0n) is 8.94. The van der Waals surface area contributed by atoms with E-state index >= 15 is 0 Å². The predicted octanol–water partition coefficient (Wildman–Crippen LogP) is 4.81. The molecule has 1 fully saturated rings. The second-order valence-electron chi connectivity index (χ2n) is 4.05. The third kappa shape index (κ3) is 2.19. The number of hydrogen-bond donors (Lipinski definition) is 0. The Balaban J connectivity index is 1.83. The lowest BCUT2D eigenvalue weighted by atomic mass is 10.0. The first-order valence-electron chi connectivity index (χ1n) is 5.41. The average Bonchev–Trinajstić information content (AvgIpc) is 3.11. The van der Waals surface area contributed by atoms with E-state index in [0.717, 1.165) is 21.2 Å². The topological polar surface area (TPSA) is 12.5 Å². The summed E-state index contributed by atoms with van der Waals surface area (Å²) < 4.78 is 5.68. The van der Waals surface area contributed by atoms with E-state index in [1.165, 1.54) is 0 Å². The fraction of sp³-hybridized carbons (Fsp3) is 0.143. The molecule has 0 aromatic heterocycles. The quantitative estimate of drug-likeness (QED) is 0.710. The second kappa shape index (κ2) is 4.34. The molecule has 1 nitrogen and oxygen atoms in total. The van der Waals surface area contributed by atoms with Crippen LogP contribution in [0.5, 0.6) is 0 Å². The first-order valence-corrected chi connectivity index (χ1v) is 6.16. The van der Waals surface area contributed by atoms with Crippen molar-refractivity contribution < 1.29 is 4.74 Å². The lowest BCUT2D eigenvalue weighted by Gasteiger charge is -1.99. The fourth-order valence-electron chi connectivity index (χ4n) is 1.96. The zero-order valence-corrected chi connectivity index (χ0v) is 10.4.